The first-order valence-corrected chi connectivity index (χ1v) is 7.98. The Hall–Kier alpha value is -1.67. The van der Waals surface area contributed by atoms with Crippen molar-refractivity contribution in [2.45, 2.75) is 26.1 Å². The molecule has 0 heterocycles. The van der Waals surface area contributed by atoms with Gasteiger partial charge in [-0.25, -0.2) is 4.79 Å². The molecular formula is C15H17Cl2F3N2O3. The quantitative estimate of drug-likeness (QED) is 0.756. The molecule has 1 rings (SSSR count). The first-order chi connectivity index (χ1) is 11.5. The summed E-state index contributed by atoms with van der Waals surface area (Å²) in [5, 5.41) is 5.38. The second-order valence-electron chi connectivity index (χ2n) is 5.52. The molecule has 0 aromatic heterocycles. The number of amides is 2. The SMILES string of the molecule is CC(C)[C@@H](CNC(=O)c1ccc(Cl)cc1Cl)NC(=O)OCC(F)(F)F. The van der Waals surface area contributed by atoms with E-state index < -0.39 is 30.8 Å². The molecule has 140 valence electrons. The molecule has 0 aliphatic carbocycles. The molecule has 2 amide bonds. The van der Waals surface area contributed by atoms with Gasteiger partial charge in [-0.15, -0.1) is 0 Å². The minimum atomic E-state index is -4.61. The fourth-order valence-electron chi connectivity index (χ4n) is 1.77. The number of nitrogens with one attached hydrogen (secondary N) is 2. The average molecular weight is 401 g/mol. The van der Waals surface area contributed by atoms with Gasteiger partial charge < -0.3 is 15.4 Å². The first kappa shape index (κ1) is 21.4. The van der Waals surface area contributed by atoms with Gasteiger partial charge in [-0.05, 0) is 24.1 Å². The van der Waals surface area contributed by atoms with Gasteiger partial charge in [0.2, 0.25) is 0 Å². The van der Waals surface area contributed by atoms with Gasteiger partial charge in [0.05, 0.1) is 16.6 Å². The summed E-state index contributed by atoms with van der Waals surface area (Å²) in [5.74, 6) is -0.669. The zero-order chi connectivity index (χ0) is 19.2. The fourth-order valence-corrected chi connectivity index (χ4v) is 2.26. The maximum absolute atomic E-state index is 12.1. The smallest absolute Gasteiger partial charge is 0.422 e. The molecule has 0 radical (unpaired) electrons. The topological polar surface area (TPSA) is 67.4 Å². The number of hydrogen-bond acceptors (Lipinski definition) is 3. The molecular weight excluding hydrogens is 384 g/mol. The van der Waals surface area contributed by atoms with Crippen LogP contribution in [-0.2, 0) is 4.74 Å². The number of carbonyl (C=O) groups excluding carboxylic acids is 2. The second kappa shape index (κ2) is 9.15. The van der Waals surface area contributed by atoms with E-state index in [-0.39, 0.29) is 23.0 Å². The van der Waals surface area contributed by atoms with E-state index in [4.69, 9.17) is 23.2 Å². The van der Waals surface area contributed by atoms with Gasteiger partial charge in [0.1, 0.15) is 0 Å². The van der Waals surface area contributed by atoms with Crippen molar-refractivity contribution >= 4 is 35.2 Å². The largest absolute Gasteiger partial charge is 0.440 e. The Morgan fingerprint density at radius 3 is 2.40 bits per heavy atom. The van der Waals surface area contributed by atoms with Crippen molar-refractivity contribution in [3.05, 3.63) is 33.8 Å². The standard InChI is InChI=1S/C15H17Cl2F3N2O3/c1-8(2)12(22-14(24)25-7-15(18,19)20)6-21-13(23)10-4-3-9(16)5-11(10)17/h3-5,8,12H,6-7H2,1-2H3,(H,21,23)(H,22,24)/t12-/m1/s1. The van der Waals surface area contributed by atoms with Gasteiger partial charge in [-0.3, -0.25) is 4.79 Å². The number of rotatable bonds is 6. The molecule has 0 fully saturated rings. The average Bonchev–Trinajstić information content (AvgIpc) is 2.48. The molecule has 5 nitrogen and oxygen atoms in total. The zero-order valence-electron chi connectivity index (χ0n) is 13.4. The lowest BCUT2D eigenvalue weighted by Crippen LogP contribution is -2.47. The van der Waals surface area contributed by atoms with E-state index in [9.17, 15) is 22.8 Å². The highest BCUT2D eigenvalue weighted by molar-refractivity contribution is 6.36. The van der Waals surface area contributed by atoms with E-state index in [2.05, 4.69) is 15.4 Å². The lowest BCUT2D eigenvalue weighted by atomic mass is 10.0. The minimum Gasteiger partial charge on any atom is -0.440 e. The van der Waals surface area contributed by atoms with Crippen LogP contribution in [0, 0.1) is 5.92 Å². The summed E-state index contributed by atoms with van der Waals surface area (Å²) in [6.45, 7) is 1.76. The number of hydrogen-bond donors (Lipinski definition) is 2. The van der Waals surface area contributed by atoms with Crippen LogP contribution in [0.25, 0.3) is 0 Å². The van der Waals surface area contributed by atoms with Gasteiger partial charge in [-0.1, -0.05) is 37.0 Å². The van der Waals surface area contributed by atoms with Gasteiger partial charge in [0, 0.05) is 11.6 Å². The van der Waals surface area contributed by atoms with Crippen LogP contribution in [-0.4, -0.2) is 37.4 Å². The minimum absolute atomic E-state index is 0.0173. The number of halogens is 5. The third-order valence-electron chi connectivity index (χ3n) is 3.13. The van der Waals surface area contributed by atoms with Gasteiger partial charge in [-0.2, -0.15) is 13.2 Å². The summed E-state index contributed by atoms with van der Waals surface area (Å²) in [7, 11) is 0. The summed E-state index contributed by atoms with van der Waals surface area (Å²) in [5.41, 5.74) is 0.188. The first-order valence-electron chi connectivity index (χ1n) is 7.23. The summed E-state index contributed by atoms with van der Waals surface area (Å²) >= 11 is 11.7. The molecule has 0 saturated heterocycles. The lowest BCUT2D eigenvalue weighted by Gasteiger charge is -2.22. The van der Waals surface area contributed by atoms with Crippen LogP contribution in [0.4, 0.5) is 18.0 Å². The summed E-state index contributed by atoms with van der Waals surface area (Å²) in [6.07, 6.45) is -5.82. The van der Waals surface area contributed by atoms with Gasteiger partial charge >= 0.3 is 12.3 Å². The van der Waals surface area contributed by atoms with E-state index in [1.54, 1.807) is 13.8 Å². The fraction of sp³-hybridized carbons (Fsp3) is 0.467. The summed E-state index contributed by atoms with van der Waals surface area (Å²) < 4.78 is 40.2. The monoisotopic (exact) mass is 400 g/mol. The molecule has 10 heteroatoms. The Morgan fingerprint density at radius 2 is 1.88 bits per heavy atom. The third kappa shape index (κ3) is 7.83. The van der Waals surface area contributed by atoms with Crippen molar-refractivity contribution in [2.24, 2.45) is 5.92 Å². The Bertz CT molecular complexity index is 625. The van der Waals surface area contributed by atoms with Crippen LogP contribution >= 0.6 is 23.2 Å². The van der Waals surface area contributed by atoms with Gasteiger partial charge in [0.25, 0.3) is 5.91 Å². The molecule has 0 spiro atoms. The maximum Gasteiger partial charge on any atom is 0.422 e. The maximum atomic E-state index is 12.1. The third-order valence-corrected chi connectivity index (χ3v) is 3.68. The molecule has 0 unspecified atom stereocenters. The van der Waals surface area contributed by atoms with E-state index >= 15 is 0 Å². The van der Waals surface area contributed by atoms with Crippen LogP contribution in [0.2, 0.25) is 10.0 Å². The molecule has 25 heavy (non-hydrogen) atoms. The molecule has 2 N–H and O–H groups in total. The van der Waals surface area contributed by atoms with Crippen LogP contribution in [0.3, 0.4) is 0 Å². The molecule has 1 aromatic carbocycles. The van der Waals surface area contributed by atoms with E-state index in [0.29, 0.717) is 5.02 Å². The van der Waals surface area contributed by atoms with Crippen LogP contribution in [0.5, 0.6) is 0 Å². The molecule has 0 aliphatic heterocycles. The highest BCUT2D eigenvalue weighted by Gasteiger charge is 2.30. The van der Waals surface area contributed by atoms with Crippen LogP contribution < -0.4 is 10.6 Å². The number of carbonyl (C=O) groups is 2. The van der Waals surface area contributed by atoms with E-state index in [0.717, 1.165) is 0 Å². The van der Waals surface area contributed by atoms with Crippen molar-refractivity contribution in [3.8, 4) is 0 Å². The van der Waals surface area contributed by atoms with Crippen molar-refractivity contribution in [1.29, 1.82) is 0 Å². The van der Waals surface area contributed by atoms with Gasteiger partial charge in [0.15, 0.2) is 6.61 Å². The Kier molecular flexibility index (Phi) is 7.82. The highest BCUT2D eigenvalue weighted by atomic mass is 35.5. The summed E-state index contributed by atoms with van der Waals surface area (Å²) in [6, 6.07) is 3.71. The van der Waals surface area contributed by atoms with Crippen molar-refractivity contribution in [3.63, 3.8) is 0 Å². The molecule has 0 saturated carbocycles. The predicted molar refractivity (Wildman–Crippen MR) is 88.0 cm³/mol. The molecule has 0 bridgehead atoms. The lowest BCUT2D eigenvalue weighted by molar-refractivity contribution is -0.160. The number of ether oxygens (including phenoxy) is 1. The Labute approximate surface area is 152 Å². The van der Waals surface area contributed by atoms with Crippen LogP contribution in [0.1, 0.15) is 24.2 Å². The van der Waals surface area contributed by atoms with E-state index in [1.807, 2.05) is 0 Å². The molecule has 1 atom stereocenters. The number of alkyl halides is 3. The van der Waals surface area contributed by atoms with Crippen molar-refractivity contribution < 1.29 is 27.5 Å². The number of alkyl carbamates (subject to hydrolysis) is 1. The van der Waals surface area contributed by atoms with Crippen molar-refractivity contribution in [2.75, 3.05) is 13.2 Å². The molecule has 1 aromatic rings. The second-order valence-corrected chi connectivity index (χ2v) is 6.36. The Morgan fingerprint density at radius 1 is 1.24 bits per heavy atom. The highest BCUT2D eigenvalue weighted by Crippen LogP contribution is 2.21. The normalized spacial score (nSPS) is 12.6. The van der Waals surface area contributed by atoms with Crippen molar-refractivity contribution in [1.82, 2.24) is 10.6 Å². The zero-order valence-corrected chi connectivity index (χ0v) is 14.9. The molecule has 0 aliphatic rings. The van der Waals surface area contributed by atoms with Crippen LogP contribution in [0.15, 0.2) is 18.2 Å². The predicted octanol–water partition coefficient (Wildman–Crippen LogP) is 4.04. The summed E-state index contributed by atoms with van der Waals surface area (Å²) in [4.78, 5) is 23.5. The Balaban J connectivity index is 2.60. The number of benzene rings is 1. The van der Waals surface area contributed by atoms with E-state index in [1.165, 1.54) is 18.2 Å².